The van der Waals surface area contributed by atoms with Crippen LogP contribution in [-0.4, -0.2) is 34.1 Å². The predicted octanol–water partition coefficient (Wildman–Crippen LogP) is 5.60. The van der Waals surface area contributed by atoms with Gasteiger partial charge in [-0.05, 0) is 49.3 Å². The Morgan fingerprint density at radius 1 is 1.29 bits per heavy atom. The average Bonchev–Trinajstić information content (AvgIpc) is 3.21. The number of esters is 1. The highest BCUT2D eigenvalue weighted by atomic mass is 35.5. The molecule has 4 rings (SSSR count). The molecule has 1 aromatic carbocycles. The van der Waals surface area contributed by atoms with E-state index in [2.05, 4.69) is 5.32 Å². The van der Waals surface area contributed by atoms with E-state index in [4.69, 9.17) is 31.0 Å². The fourth-order valence-electron chi connectivity index (χ4n) is 3.99. The number of anilines is 1. The van der Waals surface area contributed by atoms with Crippen molar-refractivity contribution < 1.29 is 19.2 Å². The molecule has 2 heterocycles. The van der Waals surface area contributed by atoms with Crippen molar-refractivity contribution in [2.75, 3.05) is 18.5 Å². The third kappa shape index (κ3) is 6.25. The standard InChI is InChI=1S/C24H27ClN4O5S/c1-2-3-10-34-21(30)14-33-13-20-27-23(22-16-6-4-5-7-19(16)35-24(22)28-20)26-12-15-8-9-18(29(31)32)17(25)11-15/h8-9,11H,2-7,10,12-14H2,1H3,(H,26,27,28). The molecule has 0 saturated heterocycles. The van der Waals surface area contributed by atoms with E-state index >= 15 is 0 Å². The number of aryl methyl sites for hydroxylation is 2. The van der Waals surface area contributed by atoms with Crippen molar-refractivity contribution in [2.45, 2.75) is 58.6 Å². The number of hydrogen-bond donors (Lipinski definition) is 1. The summed E-state index contributed by atoms with van der Waals surface area (Å²) in [5.74, 6) is 0.759. The zero-order chi connectivity index (χ0) is 24.8. The number of carbonyl (C=O) groups excluding carboxylic acids is 1. The third-order valence-electron chi connectivity index (χ3n) is 5.74. The first-order valence-corrected chi connectivity index (χ1v) is 12.9. The second kappa shape index (κ2) is 11.7. The summed E-state index contributed by atoms with van der Waals surface area (Å²) < 4.78 is 10.7. The van der Waals surface area contributed by atoms with Crippen LogP contribution < -0.4 is 5.32 Å². The van der Waals surface area contributed by atoms with Gasteiger partial charge in [0.2, 0.25) is 0 Å². The van der Waals surface area contributed by atoms with Gasteiger partial charge in [-0.25, -0.2) is 14.8 Å². The molecule has 3 aromatic rings. The first-order chi connectivity index (χ1) is 17.0. The number of benzene rings is 1. The topological polar surface area (TPSA) is 116 Å². The highest BCUT2D eigenvalue weighted by Gasteiger charge is 2.21. The Hall–Kier alpha value is -2.82. The number of nitrogens with one attached hydrogen (secondary N) is 1. The number of hydrogen-bond acceptors (Lipinski definition) is 9. The molecule has 1 N–H and O–H groups in total. The lowest BCUT2D eigenvalue weighted by Crippen LogP contribution is -2.14. The monoisotopic (exact) mass is 518 g/mol. The van der Waals surface area contributed by atoms with E-state index < -0.39 is 10.9 Å². The van der Waals surface area contributed by atoms with Crippen LogP contribution in [0.1, 0.15) is 54.4 Å². The summed E-state index contributed by atoms with van der Waals surface area (Å²) in [4.78, 5) is 34.0. The number of nitro benzene ring substituents is 1. The molecule has 186 valence electrons. The van der Waals surface area contributed by atoms with Crippen LogP contribution >= 0.6 is 22.9 Å². The first kappa shape index (κ1) is 25.3. The molecular formula is C24H27ClN4O5S. The molecule has 1 aliphatic rings. The Morgan fingerprint density at radius 3 is 2.89 bits per heavy atom. The number of nitro groups is 1. The summed E-state index contributed by atoms with van der Waals surface area (Å²) >= 11 is 7.76. The lowest BCUT2D eigenvalue weighted by molar-refractivity contribution is -0.384. The Labute approximate surface area is 212 Å². The van der Waals surface area contributed by atoms with E-state index in [9.17, 15) is 14.9 Å². The molecule has 11 heteroatoms. The quantitative estimate of drug-likeness (QED) is 0.151. The van der Waals surface area contributed by atoms with Gasteiger partial charge < -0.3 is 14.8 Å². The minimum absolute atomic E-state index is 0.0828. The van der Waals surface area contributed by atoms with Crippen LogP contribution in [0.15, 0.2) is 18.2 Å². The Kier molecular flexibility index (Phi) is 8.48. The maximum atomic E-state index is 11.8. The van der Waals surface area contributed by atoms with Crippen LogP contribution in [0.2, 0.25) is 5.02 Å². The lowest BCUT2D eigenvalue weighted by atomic mass is 9.97. The van der Waals surface area contributed by atoms with Gasteiger partial charge in [-0.3, -0.25) is 10.1 Å². The number of fused-ring (bicyclic) bond motifs is 3. The van der Waals surface area contributed by atoms with Gasteiger partial charge in [0.25, 0.3) is 5.69 Å². The van der Waals surface area contributed by atoms with Crippen molar-refractivity contribution in [2.24, 2.45) is 0 Å². The van der Waals surface area contributed by atoms with Gasteiger partial charge in [0.05, 0.1) is 16.9 Å². The number of thiophene rings is 1. The minimum atomic E-state index is -0.503. The van der Waals surface area contributed by atoms with Crippen LogP contribution in [0.25, 0.3) is 10.2 Å². The lowest BCUT2D eigenvalue weighted by Gasteiger charge is -2.14. The highest BCUT2D eigenvalue weighted by Crippen LogP contribution is 2.39. The Morgan fingerprint density at radius 2 is 2.11 bits per heavy atom. The molecule has 0 atom stereocenters. The molecular weight excluding hydrogens is 492 g/mol. The van der Waals surface area contributed by atoms with E-state index in [1.165, 1.54) is 16.5 Å². The van der Waals surface area contributed by atoms with Crippen LogP contribution in [0.3, 0.4) is 0 Å². The van der Waals surface area contributed by atoms with Crippen molar-refractivity contribution in [1.82, 2.24) is 9.97 Å². The van der Waals surface area contributed by atoms with Crippen LogP contribution in [0, 0.1) is 10.1 Å². The van der Waals surface area contributed by atoms with E-state index in [1.807, 2.05) is 6.92 Å². The fourth-order valence-corrected chi connectivity index (χ4v) is 5.54. The number of aromatic nitrogens is 2. The van der Waals surface area contributed by atoms with E-state index in [0.29, 0.717) is 24.8 Å². The van der Waals surface area contributed by atoms with Crippen molar-refractivity contribution in [3.8, 4) is 0 Å². The summed E-state index contributed by atoms with van der Waals surface area (Å²) in [6, 6.07) is 4.66. The molecule has 2 aromatic heterocycles. The maximum Gasteiger partial charge on any atom is 0.332 e. The van der Waals surface area contributed by atoms with Crippen LogP contribution in [-0.2, 0) is 40.3 Å². The summed E-state index contributed by atoms with van der Waals surface area (Å²) in [6.45, 7) is 2.73. The van der Waals surface area contributed by atoms with Crippen molar-refractivity contribution in [1.29, 1.82) is 0 Å². The Balaban J connectivity index is 1.52. The summed E-state index contributed by atoms with van der Waals surface area (Å²) in [5, 5.41) is 15.5. The molecule has 0 fully saturated rings. The molecule has 0 unspecified atom stereocenters. The van der Waals surface area contributed by atoms with Crippen LogP contribution in [0.4, 0.5) is 11.5 Å². The number of nitrogens with zero attached hydrogens (tertiary/aromatic N) is 3. The van der Waals surface area contributed by atoms with Crippen molar-refractivity contribution in [3.63, 3.8) is 0 Å². The molecule has 9 nitrogen and oxygen atoms in total. The molecule has 0 bridgehead atoms. The number of carbonyl (C=O) groups is 1. The van der Waals surface area contributed by atoms with Gasteiger partial charge in [-0.2, -0.15) is 0 Å². The van der Waals surface area contributed by atoms with E-state index in [1.54, 1.807) is 23.5 Å². The number of unbranched alkanes of at least 4 members (excludes halogenated alkanes) is 1. The largest absolute Gasteiger partial charge is 0.464 e. The normalized spacial score (nSPS) is 13.0. The summed E-state index contributed by atoms with van der Waals surface area (Å²) in [6.07, 6.45) is 6.08. The molecule has 0 saturated carbocycles. The molecule has 0 radical (unpaired) electrons. The molecule has 0 aliphatic heterocycles. The average molecular weight is 519 g/mol. The summed E-state index contributed by atoms with van der Waals surface area (Å²) in [5.41, 5.74) is 1.95. The van der Waals surface area contributed by atoms with E-state index in [0.717, 1.165) is 54.3 Å². The summed E-state index contributed by atoms with van der Waals surface area (Å²) in [7, 11) is 0. The molecule has 0 amide bonds. The van der Waals surface area contributed by atoms with Crippen molar-refractivity contribution in [3.05, 3.63) is 55.2 Å². The fraction of sp³-hybridized carbons (Fsp3) is 0.458. The second-order valence-corrected chi connectivity index (χ2v) is 9.83. The van der Waals surface area contributed by atoms with Gasteiger partial charge >= 0.3 is 5.97 Å². The third-order valence-corrected chi connectivity index (χ3v) is 7.23. The molecule has 0 spiro atoms. The van der Waals surface area contributed by atoms with Gasteiger partial charge in [-0.1, -0.05) is 31.0 Å². The van der Waals surface area contributed by atoms with Gasteiger partial charge in [-0.15, -0.1) is 11.3 Å². The van der Waals surface area contributed by atoms with Gasteiger partial charge in [0, 0.05) is 17.5 Å². The van der Waals surface area contributed by atoms with Gasteiger partial charge in [0.15, 0.2) is 5.82 Å². The first-order valence-electron chi connectivity index (χ1n) is 11.7. The second-order valence-electron chi connectivity index (χ2n) is 8.34. The minimum Gasteiger partial charge on any atom is -0.464 e. The highest BCUT2D eigenvalue weighted by molar-refractivity contribution is 7.19. The number of ether oxygens (including phenoxy) is 2. The van der Waals surface area contributed by atoms with E-state index in [-0.39, 0.29) is 23.9 Å². The number of halogens is 1. The maximum absolute atomic E-state index is 11.8. The zero-order valence-corrected chi connectivity index (χ0v) is 21.0. The zero-order valence-electron chi connectivity index (χ0n) is 19.5. The van der Waals surface area contributed by atoms with Gasteiger partial charge in [0.1, 0.15) is 28.9 Å². The SMILES string of the molecule is CCCCOC(=O)COCc1nc(NCc2ccc([N+](=O)[O-])c(Cl)c2)c2c3c(sc2n1)CCCC3. The van der Waals surface area contributed by atoms with Crippen LogP contribution in [0.5, 0.6) is 0 Å². The smallest absolute Gasteiger partial charge is 0.332 e. The molecule has 35 heavy (non-hydrogen) atoms. The predicted molar refractivity (Wildman–Crippen MR) is 135 cm³/mol. The Bertz CT molecular complexity index is 1230. The molecule has 1 aliphatic carbocycles. The number of rotatable bonds is 11. The van der Waals surface area contributed by atoms with Crippen molar-refractivity contribution >= 4 is 50.6 Å².